The second-order valence-corrected chi connectivity index (χ2v) is 7.21. The number of nitrogens with one attached hydrogen (secondary N) is 2. The monoisotopic (exact) mass is 430 g/mol. The van der Waals surface area contributed by atoms with Crippen LogP contribution in [0.1, 0.15) is 21.6 Å². The Bertz CT molecular complexity index is 1160. The van der Waals surface area contributed by atoms with Gasteiger partial charge in [-0.15, -0.1) is 16.0 Å². The Kier molecular flexibility index (Phi) is 5.32. The first-order valence-corrected chi connectivity index (χ1v) is 9.70. The Hall–Kier alpha value is -3.53. The zero-order valence-corrected chi connectivity index (χ0v) is 16.2. The van der Waals surface area contributed by atoms with Gasteiger partial charge in [-0.25, -0.2) is 4.98 Å². The van der Waals surface area contributed by atoms with E-state index in [1.165, 1.54) is 4.68 Å². The van der Waals surface area contributed by atoms with E-state index in [0.717, 1.165) is 23.1 Å². The zero-order valence-electron chi connectivity index (χ0n) is 15.3. The molecule has 3 aromatic heterocycles. The van der Waals surface area contributed by atoms with Gasteiger partial charge in [0.2, 0.25) is 6.20 Å². The normalized spacial score (nSPS) is 11.4. The smallest absolute Gasteiger partial charge is 0.298 e. The van der Waals surface area contributed by atoms with Gasteiger partial charge in [0.05, 0.1) is 5.69 Å². The lowest BCUT2D eigenvalue weighted by molar-refractivity contribution is -0.743. The summed E-state index contributed by atoms with van der Waals surface area (Å²) >= 11 is 1.11. The molecule has 10 heteroatoms. The van der Waals surface area contributed by atoms with Gasteiger partial charge in [0, 0.05) is 17.1 Å². The Labute approximate surface area is 173 Å². The van der Waals surface area contributed by atoms with Crippen LogP contribution in [0, 0.1) is 0 Å². The van der Waals surface area contributed by atoms with E-state index in [4.69, 9.17) is 0 Å². The number of H-pyrrole nitrogens is 1. The van der Waals surface area contributed by atoms with Crippen LogP contribution in [-0.4, -0.2) is 21.0 Å². The van der Waals surface area contributed by atoms with Crippen molar-refractivity contribution in [1.82, 2.24) is 15.1 Å². The van der Waals surface area contributed by atoms with Gasteiger partial charge in [0.25, 0.3) is 5.91 Å². The summed E-state index contributed by atoms with van der Waals surface area (Å²) in [6, 6.07) is 14.3. The van der Waals surface area contributed by atoms with Crippen LogP contribution < -0.4 is 10.00 Å². The summed E-state index contributed by atoms with van der Waals surface area (Å²) in [7, 11) is 0. The molecule has 6 nitrogen and oxygen atoms in total. The maximum absolute atomic E-state index is 13.5. The number of alkyl halides is 3. The third-order valence-corrected chi connectivity index (χ3v) is 4.94. The zero-order chi connectivity index (χ0) is 21.1. The molecular formula is C20H15F3N5OS+. The van der Waals surface area contributed by atoms with Gasteiger partial charge in [-0.1, -0.05) is 36.4 Å². The molecule has 0 aliphatic rings. The van der Waals surface area contributed by atoms with Crippen LogP contribution >= 0.6 is 11.3 Å². The maximum Gasteiger partial charge on any atom is 0.437 e. The molecule has 0 saturated carbocycles. The predicted molar refractivity (Wildman–Crippen MR) is 105 cm³/mol. The molecule has 0 bridgehead atoms. The summed E-state index contributed by atoms with van der Waals surface area (Å²) in [6.45, 7) is 0.165. The fourth-order valence-electron chi connectivity index (χ4n) is 2.84. The summed E-state index contributed by atoms with van der Waals surface area (Å²) in [5, 5.41) is 6.58. The summed E-state index contributed by atoms with van der Waals surface area (Å²) in [4.78, 5) is 21.0. The van der Waals surface area contributed by atoms with E-state index in [-0.39, 0.29) is 11.7 Å². The first kappa shape index (κ1) is 19.8. The van der Waals surface area contributed by atoms with Gasteiger partial charge in [-0.3, -0.25) is 15.1 Å². The second kappa shape index (κ2) is 8.07. The summed E-state index contributed by atoms with van der Waals surface area (Å²) in [5.41, 5.74) is 0.308. The maximum atomic E-state index is 13.5. The highest BCUT2D eigenvalue weighted by molar-refractivity contribution is 7.14. The lowest BCUT2D eigenvalue weighted by atomic mass is 10.2. The molecule has 2 N–H and O–H groups in total. The SMILES string of the molecule is O=C(Nc1nc(-c2ccccn2)cs1)c1c[n+](Cc2ccccc2)[nH]c1C(F)(F)F. The molecule has 0 spiro atoms. The molecule has 0 unspecified atom stereocenters. The fraction of sp³-hybridized carbons (Fsp3) is 0.100. The molecule has 0 atom stereocenters. The van der Waals surface area contributed by atoms with E-state index >= 15 is 0 Å². The highest BCUT2D eigenvalue weighted by Crippen LogP contribution is 2.30. The quantitative estimate of drug-likeness (QED) is 0.468. The van der Waals surface area contributed by atoms with Crippen molar-refractivity contribution >= 4 is 22.4 Å². The number of thiazole rings is 1. The highest BCUT2D eigenvalue weighted by Gasteiger charge is 2.41. The number of rotatable bonds is 5. The molecule has 0 saturated heterocycles. The number of carbonyl (C=O) groups excluding carboxylic acids is 1. The highest BCUT2D eigenvalue weighted by atomic mass is 32.1. The lowest BCUT2D eigenvalue weighted by Crippen LogP contribution is -2.36. The number of hydrogen-bond acceptors (Lipinski definition) is 4. The van der Waals surface area contributed by atoms with Crippen LogP contribution in [0.2, 0.25) is 0 Å². The third-order valence-electron chi connectivity index (χ3n) is 4.19. The van der Waals surface area contributed by atoms with Crippen LogP contribution in [0.4, 0.5) is 18.3 Å². The molecule has 0 aliphatic heterocycles. The number of amides is 1. The number of aromatic amines is 1. The molecule has 3 heterocycles. The van der Waals surface area contributed by atoms with Crippen LogP contribution in [0.5, 0.6) is 0 Å². The Morgan fingerprint density at radius 1 is 1.10 bits per heavy atom. The third kappa shape index (κ3) is 4.38. The van der Waals surface area contributed by atoms with Crippen molar-refractivity contribution in [2.75, 3.05) is 5.32 Å². The van der Waals surface area contributed by atoms with E-state index in [2.05, 4.69) is 20.4 Å². The van der Waals surface area contributed by atoms with Crippen molar-refractivity contribution in [2.45, 2.75) is 12.7 Å². The summed E-state index contributed by atoms with van der Waals surface area (Å²) < 4.78 is 41.7. The minimum atomic E-state index is -4.71. The molecule has 0 radical (unpaired) electrons. The minimum absolute atomic E-state index is 0.165. The molecule has 30 heavy (non-hydrogen) atoms. The topological polar surface area (TPSA) is 74.6 Å². The van der Waals surface area contributed by atoms with Crippen molar-refractivity contribution in [1.29, 1.82) is 0 Å². The van der Waals surface area contributed by atoms with Gasteiger partial charge in [-0.2, -0.15) is 18.3 Å². The summed E-state index contributed by atoms with van der Waals surface area (Å²) in [6.07, 6.45) is -1.96. The van der Waals surface area contributed by atoms with E-state index in [0.29, 0.717) is 11.4 Å². The van der Waals surface area contributed by atoms with E-state index in [1.807, 2.05) is 6.07 Å². The first-order chi connectivity index (χ1) is 14.4. The lowest BCUT2D eigenvalue weighted by Gasteiger charge is -2.04. The Morgan fingerprint density at radius 3 is 2.57 bits per heavy atom. The number of anilines is 1. The summed E-state index contributed by atoms with van der Waals surface area (Å²) in [5.74, 6) is -0.896. The van der Waals surface area contributed by atoms with E-state index in [1.54, 1.807) is 54.0 Å². The van der Waals surface area contributed by atoms with Crippen molar-refractivity contribution < 1.29 is 22.6 Å². The number of nitrogens with zero attached hydrogens (tertiary/aromatic N) is 3. The van der Waals surface area contributed by atoms with Crippen LogP contribution in [-0.2, 0) is 12.7 Å². The van der Waals surface area contributed by atoms with Crippen molar-refractivity contribution in [2.24, 2.45) is 0 Å². The van der Waals surface area contributed by atoms with Gasteiger partial charge in [0.15, 0.2) is 17.4 Å². The van der Waals surface area contributed by atoms with Crippen molar-refractivity contribution in [3.63, 3.8) is 0 Å². The van der Waals surface area contributed by atoms with Gasteiger partial charge in [0.1, 0.15) is 11.3 Å². The standard InChI is InChI=1S/C20H14F3N5OS/c21-20(22,23)17-14(11-28(27-17)10-13-6-2-1-3-7-13)18(29)26-19-25-16(12-30-19)15-8-4-5-9-24-15/h1-9,11-12H,10H2,(H,25,26,29)/p+1. The van der Waals surface area contributed by atoms with Crippen LogP contribution in [0.3, 0.4) is 0 Å². The van der Waals surface area contributed by atoms with Gasteiger partial charge < -0.3 is 0 Å². The molecule has 0 fully saturated rings. The second-order valence-electron chi connectivity index (χ2n) is 6.35. The average molecular weight is 430 g/mol. The molecule has 152 valence electrons. The number of pyridine rings is 1. The number of aromatic nitrogens is 4. The number of carbonyl (C=O) groups is 1. The average Bonchev–Trinajstić information content (AvgIpc) is 3.37. The van der Waals surface area contributed by atoms with E-state index < -0.39 is 23.3 Å². The number of halogens is 3. The van der Waals surface area contributed by atoms with Gasteiger partial charge in [-0.05, 0) is 12.1 Å². The van der Waals surface area contributed by atoms with Crippen LogP contribution in [0.15, 0.2) is 66.3 Å². The molecule has 1 aromatic carbocycles. The molecule has 1 amide bonds. The van der Waals surface area contributed by atoms with Gasteiger partial charge >= 0.3 is 6.18 Å². The fourth-order valence-corrected chi connectivity index (χ4v) is 3.54. The van der Waals surface area contributed by atoms with Crippen molar-refractivity contribution in [3.8, 4) is 11.4 Å². The largest absolute Gasteiger partial charge is 0.437 e. The van der Waals surface area contributed by atoms with Crippen LogP contribution in [0.25, 0.3) is 11.4 Å². The number of benzene rings is 1. The predicted octanol–water partition coefficient (Wildman–Crippen LogP) is 4.14. The Balaban J connectivity index is 1.58. The van der Waals surface area contributed by atoms with E-state index in [9.17, 15) is 18.0 Å². The minimum Gasteiger partial charge on any atom is -0.298 e. The molecule has 4 rings (SSSR count). The Morgan fingerprint density at radius 2 is 1.87 bits per heavy atom. The first-order valence-electron chi connectivity index (χ1n) is 8.82. The van der Waals surface area contributed by atoms with Crippen molar-refractivity contribution in [3.05, 3.63) is 83.1 Å². The molecular weight excluding hydrogens is 415 g/mol. The number of hydrogen-bond donors (Lipinski definition) is 2. The molecule has 0 aliphatic carbocycles. The molecule has 4 aromatic rings.